The minimum Gasteiger partial charge on any atom is -0.376 e. The van der Waals surface area contributed by atoms with Crippen molar-refractivity contribution in [3.63, 3.8) is 0 Å². The van der Waals surface area contributed by atoms with Crippen molar-refractivity contribution in [2.75, 3.05) is 7.05 Å². The van der Waals surface area contributed by atoms with Crippen molar-refractivity contribution in [3.8, 4) is 0 Å². The van der Waals surface area contributed by atoms with E-state index in [0.29, 0.717) is 10.9 Å². The van der Waals surface area contributed by atoms with E-state index in [-0.39, 0.29) is 12.0 Å². The topological polar surface area (TPSA) is 33.6 Å². The molecule has 1 atom stereocenters. The number of benzene rings is 1. The zero-order chi connectivity index (χ0) is 10.8. The molecule has 80 valence electrons. The largest absolute Gasteiger partial charge is 0.376 e. The fourth-order valence-corrected chi connectivity index (χ4v) is 1.62. The molecule has 1 aromatic rings. The maximum Gasteiger partial charge on any atom is 0.184 e. The molecule has 1 N–H and O–H groups in total. The highest BCUT2D eigenvalue weighted by Gasteiger charge is 2.20. The Morgan fingerprint density at radius 3 is 3.00 bits per heavy atom. The molecule has 3 nitrogen and oxygen atoms in total. The second kappa shape index (κ2) is 4.28. The second-order valence-corrected chi connectivity index (χ2v) is 4.11. The standard InChI is InChI=1S/C10H10BrFN2O/c1-13-10-5-9(14-15-10)6-2-3-7(11)8(12)4-6/h2-4,10,13H,5H2,1H3. The van der Waals surface area contributed by atoms with E-state index in [0.717, 1.165) is 11.3 Å². The van der Waals surface area contributed by atoms with Crippen LogP contribution in [0.1, 0.15) is 12.0 Å². The quantitative estimate of drug-likeness (QED) is 0.896. The Labute approximate surface area is 95.4 Å². The Bertz CT molecular complexity index is 408. The summed E-state index contributed by atoms with van der Waals surface area (Å²) in [5, 5.41) is 6.85. The van der Waals surface area contributed by atoms with Crippen molar-refractivity contribution < 1.29 is 9.23 Å². The molecule has 0 radical (unpaired) electrons. The van der Waals surface area contributed by atoms with Gasteiger partial charge in [-0.3, -0.25) is 5.32 Å². The number of hydrogen-bond acceptors (Lipinski definition) is 3. The molecule has 0 fully saturated rings. The average Bonchev–Trinajstić information content (AvgIpc) is 2.70. The third-order valence-electron chi connectivity index (χ3n) is 2.24. The molecular formula is C10H10BrFN2O. The van der Waals surface area contributed by atoms with Crippen molar-refractivity contribution in [1.82, 2.24) is 5.32 Å². The first-order valence-electron chi connectivity index (χ1n) is 4.56. The lowest BCUT2D eigenvalue weighted by atomic mass is 10.1. The van der Waals surface area contributed by atoms with E-state index in [1.807, 2.05) is 6.07 Å². The van der Waals surface area contributed by atoms with Crippen molar-refractivity contribution in [3.05, 3.63) is 34.1 Å². The summed E-state index contributed by atoms with van der Waals surface area (Å²) in [7, 11) is 1.80. The molecule has 1 heterocycles. The van der Waals surface area contributed by atoms with Crippen LogP contribution in [0.15, 0.2) is 27.8 Å². The van der Waals surface area contributed by atoms with Gasteiger partial charge in [-0.05, 0) is 35.1 Å². The molecule has 5 heteroatoms. The van der Waals surface area contributed by atoms with Gasteiger partial charge < -0.3 is 4.84 Å². The highest BCUT2D eigenvalue weighted by molar-refractivity contribution is 9.10. The first kappa shape index (κ1) is 10.6. The molecule has 0 aromatic heterocycles. The molecule has 1 unspecified atom stereocenters. The number of halogens is 2. The molecule has 0 bridgehead atoms. The molecule has 0 amide bonds. The van der Waals surface area contributed by atoms with Crippen molar-refractivity contribution in [2.45, 2.75) is 12.6 Å². The SMILES string of the molecule is CNC1CC(c2ccc(Br)c(F)c2)=NO1. The highest BCUT2D eigenvalue weighted by atomic mass is 79.9. The number of nitrogens with one attached hydrogen (secondary N) is 1. The van der Waals surface area contributed by atoms with Crippen molar-refractivity contribution >= 4 is 21.6 Å². The summed E-state index contributed by atoms with van der Waals surface area (Å²) in [5.41, 5.74) is 1.52. The smallest absolute Gasteiger partial charge is 0.184 e. The third-order valence-corrected chi connectivity index (χ3v) is 2.89. The van der Waals surface area contributed by atoms with Gasteiger partial charge >= 0.3 is 0 Å². The summed E-state index contributed by atoms with van der Waals surface area (Å²) in [4.78, 5) is 5.08. The Kier molecular flexibility index (Phi) is 3.02. The number of hydrogen-bond donors (Lipinski definition) is 1. The highest BCUT2D eigenvalue weighted by Crippen LogP contribution is 2.20. The molecule has 15 heavy (non-hydrogen) atoms. The van der Waals surface area contributed by atoms with Crippen LogP contribution < -0.4 is 5.32 Å². The first-order chi connectivity index (χ1) is 7.20. The van der Waals surface area contributed by atoms with Crippen LogP contribution in [-0.4, -0.2) is 19.0 Å². The van der Waals surface area contributed by atoms with Crippen LogP contribution in [-0.2, 0) is 4.84 Å². The fourth-order valence-electron chi connectivity index (χ4n) is 1.38. The zero-order valence-electron chi connectivity index (χ0n) is 8.13. The molecule has 1 aromatic carbocycles. The van der Waals surface area contributed by atoms with Gasteiger partial charge in [0.05, 0.1) is 10.2 Å². The van der Waals surface area contributed by atoms with E-state index in [9.17, 15) is 4.39 Å². The van der Waals surface area contributed by atoms with E-state index in [2.05, 4.69) is 26.4 Å². The maximum atomic E-state index is 13.3. The first-order valence-corrected chi connectivity index (χ1v) is 5.35. The summed E-state index contributed by atoms with van der Waals surface area (Å²) in [6.45, 7) is 0. The molecular weight excluding hydrogens is 263 g/mol. The normalized spacial score (nSPS) is 19.9. The molecule has 2 rings (SSSR count). The van der Waals surface area contributed by atoms with Crippen molar-refractivity contribution in [2.24, 2.45) is 5.16 Å². The lowest BCUT2D eigenvalue weighted by Crippen LogP contribution is -2.24. The molecule has 0 saturated carbocycles. The Balaban J connectivity index is 2.21. The van der Waals surface area contributed by atoms with E-state index in [1.54, 1.807) is 13.1 Å². The van der Waals surface area contributed by atoms with Gasteiger partial charge in [0, 0.05) is 12.0 Å². The molecule has 0 aliphatic carbocycles. The monoisotopic (exact) mass is 272 g/mol. The zero-order valence-corrected chi connectivity index (χ0v) is 9.71. The minimum atomic E-state index is -0.289. The predicted octanol–water partition coefficient (Wildman–Crippen LogP) is 2.26. The van der Waals surface area contributed by atoms with Crippen LogP contribution in [0.25, 0.3) is 0 Å². The summed E-state index contributed by atoms with van der Waals surface area (Å²) < 4.78 is 13.7. The fraction of sp³-hybridized carbons (Fsp3) is 0.300. The van der Waals surface area contributed by atoms with Crippen molar-refractivity contribution in [1.29, 1.82) is 0 Å². The summed E-state index contributed by atoms with van der Waals surface area (Å²) in [6, 6.07) is 4.93. The second-order valence-electron chi connectivity index (χ2n) is 3.25. The molecule has 0 saturated heterocycles. The van der Waals surface area contributed by atoms with Crippen LogP contribution in [0.2, 0.25) is 0 Å². The van der Waals surface area contributed by atoms with Gasteiger partial charge in [0.1, 0.15) is 5.82 Å². The maximum absolute atomic E-state index is 13.3. The van der Waals surface area contributed by atoms with E-state index in [1.165, 1.54) is 6.07 Å². The van der Waals surface area contributed by atoms with Crippen LogP contribution in [0, 0.1) is 5.82 Å². The number of oxime groups is 1. The van der Waals surface area contributed by atoms with E-state index >= 15 is 0 Å². The van der Waals surface area contributed by atoms with Gasteiger partial charge in [-0.25, -0.2) is 4.39 Å². The Morgan fingerprint density at radius 2 is 2.40 bits per heavy atom. The van der Waals surface area contributed by atoms with E-state index in [4.69, 9.17) is 4.84 Å². The lowest BCUT2D eigenvalue weighted by Gasteiger charge is -2.04. The van der Waals surface area contributed by atoms with Gasteiger partial charge in [0.25, 0.3) is 0 Å². The Hall–Kier alpha value is -0.940. The lowest BCUT2D eigenvalue weighted by molar-refractivity contribution is 0.0662. The van der Waals surface area contributed by atoms with Crippen LogP contribution in [0.3, 0.4) is 0 Å². The van der Waals surface area contributed by atoms with Gasteiger partial charge in [0.2, 0.25) is 0 Å². The summed E-state index contributed by atoms with van der Waals surface area (Å²) >= 11 is 3.10. The van der Waals surface area contributed by atoms with Crippen LogP contribution in [0.4, 0.5) is 4.39 Å². The van der Waals surface area contributed by atoms with Crippen LogP contribution >= 0.6 is 15.9 Å². The Morgan fingerprint density at radius 1 is 1.60 bits per heavy atom. The molecule has 1 aliphatic heterocycles. The van der Waals surface area contributed by atoms with Gasteiger partial charge in [0.15, 0.2) is 6.23 Å². The summed E-state index contributed by atoms with van der Waals surface area (Å²) in [5.74, 6) is -0.289. The van der Waals surface area contributed by atoms with Gasteiger partial charge in [-0.1, -0.05) is 11.2 Å². The van der Waals surface area contributed by atoms with E-state index < -0.39 is 0 Å². The summed E-state index contributed by atoms with van der Waals surface area (Å²) in [6.07, 6.45) is 0.545. The number of rotatable bonds is 2. The minimum absolute atomic E-state index is 0.105. The van der Waals surface area contributed by atoms with Crippen LogP contribution in [0.5, 0.6) is 0 Å². The average molecular weight is 273 g/mol. The predicted molar refractivity (Wildman–Crippen MR) is 59.2 cm³/mol. The van der Waals surface area contributed by atoms with Gasteiger partial charge in [-0.2, -0.15) is 0 Å². The third kappa shape index (κ3) is 2.18. The molecule has 0 spiro atoms. The number of nitrogens with zero attached hydrogens (tertiary/aromatic N) is 1. The van der Waals surface area contributed by atoms with Gasteiger partial charge in [-0.15, -0.1) is 0 Å². The molecule has 1 aliphatic rings.